The van der Waals surface area contributed by atoms with E-state index in [0.29, 0.717) is 11.9 Å². The minimum atomic E-state index is 0.187. The van der Waals surface area contributed by atoms with Gasteiger partial charge in [0.1, 0.15) is 0 Å². The summed E-state index contributed by atoms with van der Waals surface area (Å²) in [7, 11) is 1.90. The van der Waals surface area contributed by atoms with Crippen LogP contribution < -0.4 is 0 Å². The molecule has 0 aromatic heterocycles. The fourth-order valence-electron chi connectivity index (χ4n) is 2.25. The molecular formula is C13H17NO. The highest BCUT2D eigenvalue weighted by Gasteiger charge is 2.34. The van der Waals surface area contributed by atoms with Crippen LogP contribution in [-0.2, 0) is 11.2 Å². The van der Waals surface area contributed by atoms with Crippen LogP contribution in [0.3, 0.4) is 0 Å². The summed E-state index contributed by atoms with van der Waals surface area (Å²) in [6.07, 6.45) is 1.87. The zero-order chi connectivity index (χ0) is 10.8. The number of benzene rings is 1. The van der Waals surface area contributed by atoms with Crippen molar-refractivity contribution < 1.29 is 4.79 Å². The molecule has 2 rings (SSSR count). The first kappa shape index (κ1) is 10.2. The highest BCUT2D eigenvalue weighted by Crippen LogP contribution is 2.25. The van der Waals surface area contributed by atoms with Crippen molar-refractivity contribution in [3.8, 4) is 0 Å². The summed E-state index contributed by atoms with van der Waals surface area (Å²) in [5, 5.41) is 0. The Kier molecular flexibility index (Phi) is 2.76. The standard InChI is InChI=1S/C13H17NO/c1-10-8-12(13(15)14(10)2)9-11-6-4-3-5-7-11/h3-7,10,12H,8-9H2,1-2H3/t10-,12?/m0/s1. The van der Waals surface area contributed by atoms with Gasteiger partial charge in [0, 0.05) is 19.0 Å². The van der Waals surface area contributed by atoms with Crippen LogP contribution in [0.1, 0.15) is 18.9 Å². The van der Waals surface area contributed by atoms with E-state index in [4.69, 9.17) is 0 Å². The second kappa shape index (κ2) is 4.05. The summed E-state index contributed by atoms with van der Waals surface area (Å²) >= 11 is 0. The molecule has 2 atom stereocenters. The Hall–Kier alpha value is -1.31. The third kappa shape index (κ3) is 2.04. The second-order valence-corrected chi connectivity index (χ2v) is 4.42. The van der Waals surface area contributed by atoms with E-state index in [9.17, 15) is 4.79 Å². The molecule has 0 spiro atoms. The van der Waals surface area contributed by atoms with Gasteiger partial charge in [-0.2, -0.15) is 0 Å². The van der Waals surface area contributed by atoms with Gasteiger partial charge in [0.05, 0.1) is 0 Å². The van der Waals surface area contributed by atoms with E-state index in [1.54, 1.807) is 0 Å². The van der Waals surface area contributed by atoms with Crippen LogP contribution >= 0.6 is 0 Å². The van der Waals surface area contributed by atoms with Gasteiger partial charge >= 0.3 is 0 Å². The normalized spacial score (nSPS) is 26.0. The zero-order valence-corrected chi connectivity index (χ0v) is 9.31. The summed E-state index contributed by atoms with van der Waals surface area (Å²) in [6, 6.07) is 10.6. The highest BCUT2D eigenvalue weighted by molar-refractivity contribution is 5.81. The number of amides is 1. The number of nitrogens with zero attached hydrogens (tertiary/aromatic N) is 1. The average molecular weight is 203 g/mol. The molecule has 1 unspecified atom stereocenters. The van der Waals surface area contributed by atoms with Gasteiger partial charge in [0.2, 0.25) is 5.91 Å². The van der Waals surface area contributed by atoms with E-state index in [1.807, 2.05) is 30.1 Å². The first-order valence-electron chi connectivity index (χ1n) is 5.49. The number of likely N-dealkylation sites (tertiary alicyclic amines) is 1. The van der Waals surface area contributed by atoms with Gasteiger partial charge in [-0.15, -0.1) is 0 Å². The minimum absolute atomic E-state index is 0.187. The second-order valence-electron chi connectivity index (χ2n) is 4.42. The van der Waals surface area contributed by atoms with Gasteiger partial charge in [0.15, 0.2) is 0 Å². The first-order chi connectivity index (χ1) is 7.18. The van der Waals surface area contributed by atoms with Crippen LogP contribution in [-0.4, -0.2) is 23.9 Å². The fourth-order valence-corrected chi connectivity index (χ4v) is 2.25. The Balaban J connectivity index is 2.05. The Labute approximate surface area is 90.9 Å². The first-order valence-corrected chi connectivity index (χ1v) is 5.49. The quantitative estimate of drug-likeness (QED) is 0.720. The molecular weight excluding hydrogens is 186 g/mol. The summed E-state index contributed by atoms with van der Waals surface area (Å²) in [5.74, 6) is 0.485. The van der Waals surface area contributed by atoms with Crippen LogP contribution in [0.25, 0.3) is 0 Å². The predicted molar refractivity (Wildman–Crippen MR) is 60.5 cm³/mol. The minimum Gasteiger partial charge on any atom is -0.343 e. The summed E-state index contributed by atoms with van der Waals surface area (Å²) in [5.41, 5.74) is 1.26. The Morgan fingerprint density at radius 2 is 2.00 bits per heavy atom. The molecule has 0 N–H and O–H groups in total. The van der Waals surface area contributed by atoms with Crippen molar-refractivity contribution in [3.05, 3.63) is 35.9 Å². The number of carbonyl (C=O) groups excluding carboxylic acids is 1. The van der Waals surface area contributed by atoms with Crippen molar-refractivity contribution in [2.24, 2.45) is 5.92 Å². The van der Waals surface area contributed by atoms with E-state index in [-0.39, 0.29) is 5.92 Å². The maximum atomic E-state index is 11.8. The van der Waals surface area contributed by atoms with Crippen molar-refractivity contribution in [1.29, 1.82) is 0 Å². The molecule has 15 heavy (non-hydrogen) atoms. The predicted octanol–water partition coefficient (Wildman–Crippen LogP) is 2.10. The molecule has 1 amide bonds. The lowest BCUT2D eigenvalue weighted by Gasteiger charge is -2.14. The number of rotatable bonds is 2. The average Bonchev–Trinajstić information content (AvgIpc) is 2.48. The Morgan fingerprint density at radius 1 is 1.33 bits per heavy atom. The number of carbonyl (C=O) groups is 1. The van der Waals surface area contributed by atoms with Gasteiger partial charge in [-0.05, 0) is 25.3 Å². The lowest BCUT2D eigenvalue weighted by Crippen LogP contribution is -2.27. The largest absolute Gasteiger partial charge is 0.343 e. The van der Waals surface area contributed by atoms with Crippen LogP contribution in [0.2, 0.25) is 0 Å². The SMILES string of the molecule is C[C@H]1CC(Cc2ccccc2)C(=O)N1C. The van der Waals surface area contributed by atoms with Gasteiger partial charge in [-0.25, -0.2) is 0 Å². The molecule has 0 bridgehead atoms. The zero-order valence-electron chi connectivity index (χ0n) is 9.31. The van der Waals surface area contributed by atoms with Crippen LogP contribution in [0, 0.1) is 5.92 Å². The monoisotopic (exact) mass is 203 g/mol. The van der Waals surface area contributed by atoms with Gasteiger partial charge in [-0.1, -0.05) is 30.3 Å². The summed E-state index contributed by atoms with van der Waals surface area (Å²) in [4.78, 5) is 13.7. The molecule has 0 radical (unpaired) electrons. The Bertz CT molecular complexity index is 347. The summed E-state index contributed by atoms with van der Waals surface area (Å²) in [6.45, 7) is 2.11. The maximum Gasteiger partial charge on any atom is 0.226 e. The Morgan fingerprint density at radius 3 is 2.53 bits per heavy atom. The van der Waals surface area contributed by atoms with Gasteiger partial charge in [-0.3, -0.25) is 4.79 Å². The van der Waals surface area contributed by atoms with Crippen molar-refractivity contribution in [2.75, 3.05) is 7.05 Å². The molecule has 80 valence electrons. The van der Waals surface area contributed by atoms with E-state index >= 15 is 0 Å². The highest BCUT2D eigenvalue weighted by atomic mass is 16.2. The molecule has 1 saturated heterocycles. The number of hydrogen-bond acceptors (Lipinski definition) is 1. The van der Waals surface area contributed by atoms with Crippen LogP contribution in [0.4, 0.5) is 0 Å². The van der Waals surface area contributed by atoms with Crippen LogP contribution in [0.5, 0.6) is 0 Å². The molecule has 1 fully saturated rings. The molecule has 1 heterocycles. The van der Waals surface area contributed by atoms with Crippen LogP contribution in [0.15, 0.2) is 30.3 Å². The van der Waals surface area contributed by atoms with Crippen molar-refractivity contribution in [2.45, 2.75) is 25.8 Å². The molecule has 1 aliphatic rings. The molecule has 1 aromatic carbocycles. The molecule has 0 aliphatic carbocycles. The molecule has 1 aromatic rings. The smallest absolute Gasteiger partial charge is 0.226 e. The van der Waals surface area contributed by atoms with E-state index < -0.39 is 0 Å². The van der Waals surface area contributed by atoms with Gasteiger partial charge < -0.3 is 4.90 Å². The molecule has 0 saturated carbocycles. The van der Waals surface area contributed by atoms with Crippen molar-refractivity contribution >= 4 is 5.91 Å². The maximum absolute atomic E-state index is 11.8. The lowest BCUT2D eigenvalue weighted by atomic mass is 9.97. The van der Waals surface area contributed by atoms with E-state index in [1.165, 1.54) is 5.56 Å². The van der Waals surface area contributed by atoms with E-state index in [2.05, 4.69) is 19.1 Å². The third-order valence-electron chi connectivity index (χ3n) is 3.31. The topological polar surface area (TPSA) is 20.3 Å². The van der Waals surface area contributed by atoms with Gasteiger partial charge in [0.25, 0.3) is 0 Å². The number of hydrogen-bond donors (Lipinski definition) is 0. The third-order valence-corrected chi connectivity index (χ3v) is 3.31. The molecule has 1 aliphatic heterocycles. The lowest BCUT2D eigenvalue weighted by molar-refractivity contribution is -0.130. The fraction of sp³-hybridized carbons (Fsp3) is 0.462. The molecule has 2 nitrogen and oxygen atoms in total. The van der Waals surface area contributed by atoms with Crippen molar-refractivity contribution in [3.63, 3.8) is 0 Å². The van der Waals surface area contributed by atoms with Crippen molar-refractivity contribution in [1.82, 2.24) is 4.90 Å². The summed E-state index contributed by atoms with van der Waals surface area (Å²) < 4.78 is 0. The molecule has 2 heteroatoms. The van der Waals surface area contributed by atoms with E-state index in [0.717, 1.165) is 12.8 Å².